The van der Waals surface area contributed by atoms with Crippen molar-refractivity contribution in [3.05, 3.63) is 83.4 Å². The molecule has 1 aromatic heterocycles. The van der Waals surface area contributed by atoms with Crippen LogP contribution in [0.2, 0.25) is 5.02 Å². The summed E-state index contributed by atoms with van der Waals surface area (Å²) in [6.45, 7) is 0. The molecular formula is C21H14ClN3O2. The summed E-state index contributed by atoms with van der Waals surface area (Å²) in [5.74, 6) is -0.596. The van der Waals surface area contributed by atoms with E-state index >= 15 is 0 Å². The van der Waals surface area contributed by atoms with Crippen LogP contribution >= 0.6 is 11.6 Å². The van der Waals surface area contributed by atoms with Gasteiger partial charge in [0.1, 0.15) is 0 Å². The number of rotatable bonds is 4. The van der Waals surface area contributed by atoms with Crippen molar-refractivity contribution in [2.75, 3.05) is 5.32 Å². The van der Waals surface area contributed by atoms with Gasteiger partial charge in [-0.3, -0.25) is 0 Å². The molecule has 0 saturated carbocycles. The number of fused-ring (bicyclic) bond motifs is 1. The largest absolute Gasteiger partial charge is 0.478 e. The van der Waals surface area contributed by atoms with Crippen molar-refractivity contribution < 1.29 is 9.90 Å². The van der Waals surface area contributed by atoms with Gasteiger partial charge in [-0.15, -0.1) is 0 Å². The quantitative estimate of drug-likeness (QED) is 0.500. The molecule has 0 saturated heterocycles. The number of para-hydroxylation sites is 1. The molecule has 4 aromatic rings. The molecule has 2 N–H and O–H groups in total. The Morgan fingerprint density at radius 1 is 0.926 bits per heavy atom. The number of benzene rings is 3. The van der Waals surface area contributed by atoms with Gasteiger partial charge in [-0.1, -0.05) is 48.0 Å². The highest BCUT2D eigenvalue weighted by Crippen LogP contribution is 2.29. The number of nitrogens with one attached hydrogen (secondary N) is 1. The molecule has 0 aliphatic carbocycles. The van der Waals surface area contributed by atoms with Gasteiger partial charge in [0.2, 0.25) is 5.95 Å². The van der Waals surface area contributed by atoms with Crippen LogP contribution in [0.5, 0.6) is 0 Å². The molecule has 3 aromatic carbocycles. The second-order valence-corrected chi connectivity index (χ2v) is 6.37. The number of hydrogen-bond donors (Lipinski definition) is 2. The highest BCUT2D eigenvalue weighted by Gasteiger charge is 2.11. The maximum Gasteiger partial charge on any atom is 0.335 e. The number of nitrogens with zero attached hydrogens (tertiary/aromatic N) is 2. The number of anilines is 2. The first-order chi connectivity index (χ1) is 13.1. The van der Waals surface area contributed by atoms with Crippen LogP contribution in [0.15, 0.2) is 72.8 Å². The summed E-state index contributed by atoms with van der Waals surface area (Å²) < 4.78 is 0. The lowest BCUT2D eigenvalue weighted by atomic mass is 10.1. The van der Waals surface area contributed by atoms with Gasteiger partial charge in [0.05, 0.1) is 16.8 Å². The average molecular weight is 376 g/mol. The molecule has 0 aliphatic heterocycles. The van der Waals surface area contributed by atoms with E-state index in [9.17, 15) is 4.79 Å². The van der Waals surface area contributed by atoms with Gasteiger partial charge >= 0.3 is 5.97 Å². The van der Waals surface area contributed by atoms with E-state index in [0.717, 1.165) is 22.2 Å². The number of aromatic carboxylic acids is 1. The van der Waals surface area contributed by atoms with Crippen LogP contribution in [0.1, 0.15) is 10.4 Å². The Morgan fingerprint density at radius 3 is 2.48 bits per heavy atom. The zero-order valence-corrected chi connectivity index (χ0v) is 14.8. The van der Waals surface area contributed by atoms with Crippen LogP contribution in [0.4, 0.5) is 11.6 Å². The van der Waals surface area contributed by atoms with E-state index in [4.69, 9.17) is 16.7 Å². The molecule has 0 fully saturated rings. The summed E-state index contributed by atoms with van der Waals surface area (Å²) in [5, 5.41) is 13.8. The van der Waals surface area contributed by atoms with Crippen LogP contribution in [-0.2, 0) is 0 Å². The molecule has 0 unspecified atom stereocenters. The third-order valence-corrected chi connectivity index (χ3v) is 4.34. The molecule has 4 rings (SSSR count). The van der Waals surface area contributed by atoms with Crippen molar-refractivity contribution in [3.63, 3.8) is 0 Å². The van der Waals surface area contributed by atoms with E-state index in [1.54, 1.807) is 18.2 Å². The summed E-state index contributed by atoms with van der Waals surface area (Å²) >= 11 is 6.00. The van der Waals surface area contributed by atoms with E-state index in [1.807, 2.05) is 48.5 Å². The molecule has 0 bridgehead atoms. The van der Waals surface area contributed by atoms with Crippen LogP contribution in [-0.4, -0.2) is 21.0 Å². The minimum absolute atomic E-state index is 0.193. The molecule has 6 heteroatoms. The number of carboxylic acids is 1. The first-order valence-electron chi connectivity index (χ1n) is 8.23. The topological polar surface area (TPSA) is 75.1 Å². The van der Waals surface area contributed by atoms with Gasteiger partial charge in [-0.25, -0.2) is 14.8 Å². The Labute approximate surface area is 160 Å². The average Bonchev–Trinajstić information content (AvgIpc) is 2.68. The van der Waals surface area contributed by atoms with Crippen molar-refractivity contribution in [2.45, 2.75) is 0 Å². The van der Waals surface area contributed by atoms with Gasteiger partial charge in [0.25, 0.3) is 0 Å². The standard InChI is InChI=1S/C21H14ClN3O2/c22-15-10-8-13(9-11-15)19-17-6-1-2-7-18(17)24-21(25-19)23-16-5-3-4-14(12-16)20(26)27/h1-12H,(H,26,27)(H,23,24,25). The van der Waals surface area contributed by atoms with E-state index in [0.29, 0.717) is 16.7 Å². The smallest absolute Gasteiger partial charge is 0.335 e. The highest BCUT2D eigenvalue weighted by molar-refractivity contribution is 6.30. The van der Waals surface area contributed by atoms with Crippen molar-refractivity contribution in [2.24, 2.45) is 0 Å². The van der Waals surface area contributed by atoms with Crippen molar-refractivity contribution in [3.8, 4) is 11.3 Å². The predicted molar refractivity (Wildman–Crippen MR) is 107 cm³/mol. The molecule has 0 aliphatic rings. The van der Waals surface area contributed by atoms with Crippen molar-refractivity contribution >= 4 is 40.1 Å². The third kappa shape index (κ3) is 3.59. The zero-order chi connectivity index (χ0) is 18.8. The number of carbonyl (C=O) groups is 1. The summed E-state index contributed by atoms with van der Waals surface area (Å²) in [6, 6.07) is 21.7. The molecule has 27 heavy (non-hydrogen) atoms. The van der Waals surface area contributed by atoms with Crippen LogP contribution in [0.25, 0.3) is 22.2 Å². The van der Waals surface area contributed by atoms with Gasteiger partial charge in [-0.2, -0.15) is 0 Å². The molecule has 0 spiro atoms. The Morgan fingerprint density at radius 2 is 1.70 bits per heavy atom. The SMILES string of the molecule is O=C(O)c1cccc(Nc2nc(-c3ccc(Cl)cc3)c3ccccc3n2)c1. The maximum atomic E-state index is 11.2. The maximum absolute atomic E-state index is 11.2. The van der Waals surface area contributed by atoms with Crippen molar-refractivity contribution in [1.82, 2.24) is 9.97 Å². The lowest BCUT2D eigenvalue weighted by Gasteiger charge is -2.11. The molecule has 1 heterocycles. The summed E-state index contributed by atoms with van der Waals surface area (Å²) in [6.07, 6.45) is 0. The molecule has 5 nitrogen and oxygen atoms in total. The minimum atomic E-state index is -0.986. The molecule has 0 atom stereocenters. The fourth-order valence-corrected chi connectivity index (χ4v) is 2.95. The Hall–Kier alpha value is -3.44. The van der Waals surface area contributed by atoms with E-state index in [-0.39, 0.29) is 5.56 Å². The fraction of sp³-hybridized carbons (Fsp3) is 0. The minimum Gasteiger partial charge on any atom is -0.478 e. The van der Waals surface area contributed by atoms with Gasteiger partial charge in [-0.05, 0) is 36.4 Å². The van der Waals surface area contributed by atoms with Crippen LogP contribution < -0.4 is 5.32 Å². The highest BCUT2D eigenvalue weighted by atomic mass is 35.5. The lowest BCUT2D eigenvalue weighted by Crippen LogP contribution is -2.02. The first-order valence-corrected chi connectivity index (χ1v) is 8.61. The second-order valence-electron chi connectivity index (χ2n) is 5.93. The first kappa shape index (κ1) is 17.0. The molecule has 0 amide bonds. The summed E-state index contributed by atoms with van der Waals surface area (Å²) in [4.78, 5) is 20.4. The van der Waals surface area contributed by atoms with Gasteiger partial charge in [0.15, 0.2) is 0 Å². The summed E-state index contributed by atoms with van der Waals surface area (Å²) in [7, 11) is 0. The number of carboxylic acid groups (broad SMARTS) is 1. The number of halogens is 1. The van der Waals surface area contributed by atoms with Crippen LogP contribution in [0, 0.1) is 0 Å². The lowest BCUT2D eigenvalue weighted by molar-refractivity contribution is 0.0697. The van der Waals surface area contributed by atoms with E-state index < -0.39 is 5.97 Å². The number of hydrogen-bond acceptors (Lipinski definition) is 4. The van der Waals surface area contributed by atoms with E-state index in [2.05, 4.69) is 15.3 Å². The third-order valence-electron chi connectivity index (χ3n) is 4.09. The second kappa shape index (κ2) is 7.05. The normalized spacial score (nSPS) is 10.7. The molecular weight excluding hydrogens is 362 g/mol. The monoisotopic (exact) mass is 375 g/mol. The van der Waals surface area contributed by atoms with E-state index in [1.165, 1.54) is 6.07 Å². The van der Waals surface area contributed by atoms with Gasteiger partial charge < -0.3 is 10.4 Å². The Kier molecular flexibility index (Phi) is 4.44. The fourth-order valence-electron chi connectivity index (χ4n) is 2.82. The van der Waals surface area contributed by atoms with Crippen LogP contribution in [0.3, 0.4) is 0 Å². The predicted octanol–water partition coefficient (Wildman–Crippen LogP) is 5.39. The number of aromatic nitrogens is 2. The van der Waals surface area contributed by atoms with Gasteiger partial charge in [0, 0.05) is 21.7 Å². The Bertz CT molecular complexity index is 1140. The van der Waals surface area contributed by atoms with Crippen molar-refractivity contribution in [1.29, 1.82) is 0 Å². The Balaban J connectivity index is 1.81. The summed E-state index contributed by atoms with van der Waals surface area (Å²) in [5.41, 5.74) is 3.27. The zero-order valence-electron chi connectivity index (χ0n) is 14.1. The molecule has 0 radical (unpaired) electrons. The molecule has 132 valence electrons.